The first-order valence-corrected chi connectivity index (χ1v) is 30.1. The molecule has 1 aliphatic carbocycles. The van der Waals surface area contributed by atoms with E-state index >= 15 is 0 Å². The second-order valence-corrected chi connectivity index (χ2v) is 24.6. The molecular weight excluding hydrogens is 1100 g/mol. The van der Waals surface area contributed by atoms with Crippen molar-refractivity contribution in [3.63, 3.8) is 0 Å². The van der Waals surface area contributed by atoms with Gasteiger partial charge in [-0.05, 0) is 109 Å². The van der Waals surface area contributed by atoms with Crippen molar-refractivity contribution in [2.24, 2.45) is 29.4 Å². The summed E-state index contributed by atoms with van der Waals surface area (Å²) >= 11 is 0.933. The number of hydrogen-bond donors (Lipinski definition) is 7. The van der Waals surface area contributed by atoms with Gasteiger partial charge in [0.2, 0.25) is 41.4 Å². The highest BCUT2D eigenvalue weighted by molar-refractivity contribution is 7.52. The number of nitrogens with one attached hydrogen (secondary N) is 4. The maximum Gasteiger partial charge on any atom is 0.399 e. The van der Waals surface area contributed by atoms with Gasteiger partial charge in [0.1, 0.15) is 30.2 Å². The third kappa shape index (κ3) is 12.6. The molecular formula is C58H65F2N8O12PS. The van der Waals surface area contributed by atoms with E-state index in [1.165, 1.54) is 21.9 Å². The summed E-state index contributed by atoms with van der Waals surface area (Å²) in [7, 11) is -5.86. The molecule has 3 saturated heterocycles. The third-order valence-electron chi connectivity index (χ3n) is 16.6. The summed E-state index contributed by atoms with van der Waals surface area (Å²) in [6, 6.07) is 12.8. The number of fused-ring (bicyclic) bond motifs is 3. The predicted molar refractivity (Wildman–Crippen MR) is 296 cm³/mol. The first-order valence-electron chi connectivity index (χ1n) is 27.6. The summed E-state index contributed by atoms with van der Waals surface area (Å²) < 4.78 is 41.1. The largest absolute Gasteiger partial charge is 0.399 e. The molecule has 4 aliphatic heterocycles. The van der Waals surface area contributed by atoms with Gasteiger partial charge in [0.25, 0.3) is 11.8 Å². The molecule has 5 aliphatic rings. The Hall–Kier alpha value is -7.38. The number of alkyl halides is 2. The minimum absolute atomic E-state index is 0.0322. The number of carbonyl (C=O) groups is 9. The number of likely N-dealkylation sites (tertiary alicyclic amines) is 2. The number of rotatable bonds is 20. The average Bonchev–Trinajstić information content (AvgIpc) is 2.06. The lowest BCUT2D eigenvalue weighted by Crippen LogP contribution is -2.58. The second-order valence-electron chi connectivity index (χ2n) is 21.9. The Labute approximate surface area is 475 Å². The predicted octanol–water partition coefficient (Wildman–Crippen LogP) is 4.95. The molecule has 4 fully saturated rings. The molecule has 1 saturated carbocycles. The lowest BCUT2D eigenvalue weighted by atomic mass is 9.91. The molecule has 434 valence electrons. The van der Waals surface area contributed by atoms with Crippen molar-refractivity contribution in [2.75, 3.05) is 19.6 Å². The van der Waals surface area contributed by atoms with E-state index in [0.29, 0.717) is 66.6 Å². The molecule has 5 heterocycles. The van der Waals surface area contributed by atoms with Crippen molar-refractivity contribution in [3.05, 3.63) is 105 Å². The number of piperidine rings is 3. The number of carbonyl (C=O) groups excluding carboxylic acids is 9. The van der Waals surface area contributed by atoms with Crippen molar-refractivity contribution in [1.29, 1.82) is 0 Å². The molecule has 4 aromatic rings. The van der Waals surface area contributed by atoms with E-state index in [-0.39, 0.29) is 96.9 Å². The molecule has 3 aromatic carbocycles. The number of nitrogens with zero attached hydrogens (tertiary/aromatic N) is 3. The van der Waals surface area contributed by atoms with Crippen LogP contribution in [0.25, 0.3) is 10.1 Å². The van der Waals surface area contributed by atoms with Crippen LogP contribution in [0.15, 0.2) is 72.8 Å². The highest BCUT2D eigenvalue weighted by atomic mass is 32.1. The highest BCUT2D eigenvalue weighted by Gasteiger charge is 2.63. The van der Waals surface area contributed by atoms with Crippen LogP contribution in [0.2, 0.25) is 0 Å². The standard InChI is InChI=1S/C58H65F2N8O12PS/c1-3-4-17-42(63-53(73)45-29-36-28-37(18-21-44(36)82-45)58(59,60)81(78,79)80)56(76)68-30-39-32(2)48(39)50(68)54(74)62-41(19-22-46(61)69)51(71)65-49(35-13-6-5-7-14-35)57(77)66-26-24-33(25-27-66)11-8-9-12-34-15-10-16-38-40(34)31-67(55(38)75)43-20-23-47(70)64-52(43)72/h5-7,10,13-16,18,21,28-29,32-33,39,41-43,48-50H,3-4,8,11,17,19-20,22-27,30-31H2,1-2H3,(H2,61,69)(H,62,74)(H,63,73)(H,65,71)(H,64,70,72)(H2,78,79,80)/t32-,39?,41-,42-,43?,48?,49-,50-/m0/s1. The van der Waals surface area contributed by atoms with Crippen molar-refractivity contribution in [2.45, 2.75) is 127 Å². The van der Waals surface area contributed by atoms with E-state index in [0.717, 1.165) is 35.5 Å². The fraction of sp³-hybridized carbons (Fsp3) is 0.466. The molecule has 24 heteroatoms. The van der Waals surface area contributed by atoms with Crippen molar-refractivity contribution in [3.8, 4) is 11.8 Å². The summed E-state index contributed by atoms with van der Waals surface area (Å²) in [6.07, 6.45) is 3.84. The second kappa shape index (κ2) is 24.6. The van der Waals surface area contributed by atoms with Crippen LogP contribution in [0.5, 0.6) is 0 Å². The van der Waals surface area contributed by atoms with Crippen molar-refractivity contribution < 1.29 is 66.3 Å². The van der Waals surface area contributed by atoms with Gasteiger partial charge in [-0.15, -0.1) is 11.3 Å². The smallest absolute Gasteiger partial charge is 0.370 e. The monoisotopic (exact) mass is 1170 g/mol. The number of amides is 9. The topological polar surface area (TPSA) is 295 Å². The van der Waals surface area contributed by atoms with Crippen LogP contribution >= 0.6 is 18.9 Å². The Morgan fingerprint density at radius 3 is 2.35 bits per heavy atom. The van der Waals surface area contributed by atoms with Crippen molar-refractivity contribution >= 4 is 82.2 Å². The van der Waals surface area contributed by atoms with Crippen LogP contribution < -0.4 is 27.0 Å². The van der Waals surface area contributed by atoms with Gasteiger partial charge in [-0.3, -0.25) is 53.0 Å². The molecule has 9 amide bonds. The van der Waals surface area contributed by atoms with E-state index in [4.69, 9.17) is 5.73 Å². The van der Waals surface area contributed by atoms with Gasteiger partial charge < -0.3 is 46.2 Å². The van der Waals surface area contributed by atoms with E-state index in [1.807, 2.05) is 19.9 Å². The van der Waals surface area contributed by atoms with Gasteiger partial charge in [0.05, 0.1) is 4.88 Å². The molecule has 3 unspecified atom stereocenters. The van der Waals surface area contributed by atoms with Gasteiger partial charge in [-0.25, -0.2) is 0 Å². The van der Waals surface area contributed by atoms with Crippen molar-refractivity contribution in [1.82, 2.24) is 36.0 Å². The number of unbranched alkanes of at least 4 members (excludes halogenated alkanes) is 1. The maximum atomic E-state index is 14.6. The summed E-state index contributed by atoms with van der Waals surface area (Å²) in [6.45, 7) is 5.02. The summed E-state index contributed by atoms with van der Waals surface area (Å²) in [5, 5.41) is 10.9. The Morgan fingerprint density at radius 1 is 0.915 bits per heavy atom. The summed E-state index contributed by atoms with van der Waals surface area (Å²) in [4.78, 5) is 145. The number of halogens is 2. The number of primary amides is 1. The van der Waals surface area contributed by atoms with E-state index in [2.05, 4.69) is 33.1 Å². The molecule has 8 atom stereocenters. The number of thiophene rings is 1. The molecule has 0 bridgehead atoms. The molecule has 8 N–H and O–H groups in total. The van der Waals surface area contributed by atoms with Crippen LogP contribution in [0.1, 0.15) is 133 Å². The molecule has 0 spiro atoms. The maximum absolute atomic E-state index is 14.6. The lowest BCUT2D eigenvalue weighted by Gasteiger charge is -2.35. The first kappa shape index (κ1) is 59.2. The number of imide groups is 1. The number of nitrogens with two attached hydrogens (primary N) is 1. The van der Waals surface area contributed by atoms with Crippen LogP contribution in [0, 0.1) is 35.5 Å². The van der Waals surface area contributed by atoms with E-state index in [1.54, 1.807) is 47.4 Å². The third-order valence-corrected chi connectivity index (χ3v) is 18.7. The Balaban J connectivity index is 0.837. The Kier molecular flexibility index (Phi) is 17.8. The number of benzene rings is 3. The molecule has 9 rings (SSSR count). The zero-order valence-electron chi connectivity index (χ0n) is 45.2. The molecule has 20 nitrogen and oxygen atoms in total. The van der Waals surface area contributed by atoms with Gasteiger partial charge in [-0.2, -0.15) is 8.78 Å². The highest BCUT2D eigenvalue weighted by Crippen LogP contribution is 2.59. The zero-order chi connectivity index (χ0) is 58.8. The lowest BCUT2D eigenvalue weighted by molar-refractivity contribution is -0.143. The van der Waals surface area contributed by atoms with Crippen LogP contribution in [0.3, 0.4) is 0 Å². The van der Waals surface area contributed by atoms with Gasteiger partial charge in [-0.1, -0.05) is 81.0 Å². The van der Waals surface area contributed by atoms with E-state index in [9.17, 15) is 66.3 Å². The fourth-order valence-corrected chi connectivity index (χ4v) is 13.3. The summed E-state index contributed by atoms with van der Waals surface area (Å²) in [5.74, 6) is 1.47. The van der Waals surface area contributed by atoms with Gasteiger partial charge >= 0.3 is 13.3 Å². The summed E-state index contributed by atoms with van der Waals surface area (Å²) in [5.41, 5.74) is 2.57. The van der Waals surface area contributed by atoms with Gasteiger partial charge in [0, 0.05) is 66.8 Å². The molecule has 82 heavy (non-hydrogen) atoms. The fourth-order valence-electron chi connectivity index (χ4n) is 11.8. The minimum atomic E-state index is -5.86. The zero-order valence-corrected chi connectivity index (χ0v) is 46.9. The Morgan fingerprint density at radius 2 is 1.66 bits per heavy atom. The Bertz CT molecular complexity index is 3320. The van der Waals surface area contributed by atoms with E-state index < -0.39 is 84.5 Å². The van der Waals surface area contributed by atoms with Gasteiger partial charge in [0.15, 0.2) is 0 Å². The minimum Gasteiger partial charge on any atom is -0.370 e. The number of hydrogen-bond acceptors (Lipinski definition) is 11. The van der Waals surface area contributed by atoms with Crippen LogP contribution in [-0.2, 0) is 50.3 Å². The quantitative estimate of drug-likeness (QED) is 0.0352. The first-order chi connectivity index (χ1) is 39.1. The van der Waals surface area contributed by atoms with Crippen LogP contribution in [0.4, 0.5) is 8.78 Å². The average molecular weight is 1170 g/mol. The SMILES string of the molecule is CCCC[C@H](NC(=O)c1cc2cc(C(F)(F)P(=O)(O)O)ccc2s1)C(=O)N1CC2C([C@H]2C)[C@H]1C(=O)N[C@@H](CCC(N)=O)C(=O)N[C@H](C(=O)N1CCC(CCC#Cc2cccc3c2CN(C2CCC(=O)NC2=O)C3=O)CC1)c1ccccc1. The van der Waals surface area contributed by atoms with Crippen LogP contribution in [-0.4, -0.2) is 121 Å². The molecule has 1 aromatic heterocycles. The molecule has 0 radical (unpaired) electrons. The normalized spacial score (nSPS) is 21.8.